The first-order valence-corrected chi connectivity index (χ1v) is 27.4. The molecule has 3 heterocycles. The smallest absolute Gasteiger partial charge is 0.255 e. The number of aliphatic hydroxyl groups is 1. The van der Waals surface area contributed by atoms with E-state index < -0.39 is 23.1 Å². The topological polar surface area (TPSA) is 432 Å². The summed E-state index contributed by atoms with van der Waals surface area (Å²) in [5.74, 6) is 3.45. The Kier molecular flexibility index (Phi) is 42.3. The van der Waals surface area contributed by atoms with Crippen LogP contribution in [0.4, 0.5) is 23.1 Å². The third-order valence-corrected chi connectivity index (χ3v) is 10.7. The number of aliphatic hydroxyl groups excluding tert-OH is 1. The number of nitrogens with two attached hydrogens (primary N) is 4. The molecule has 6 amide bonds. The summed E-state index contributed by atoms with van der Waals surface area (Å²) in [6.07, 6.45) is 11.0. The number of anilines is 4. The summed E-state index contributed by atoms with van der Waals surface area (Å²) in [5, 5.41) is 37.0. The number of amidine groups is 1. The monoisotopic (exact) mass is 1170 g/mol. The van der Waals surface area contributed by atoms with Gasteiger partial charge in [-0.15, -0.1) is 5.10 Å². The fraction of sp³-hybridized carbons (Fsp3) is 0.500. The van der Waals surface area contributed by atoms with E-state index in [1.54, 1.807) is 13.1 Å². The number of aromatic nitrogens is 4. The molecule has 27 nitrogen and oxygen atoms in total. The van der Waals surface area contributed by atoms with Gasteiger partial charge >= 0.3 is 0 Å². The summed E-state index contributed by atoms with van der Waals surface area (Å²) in [6.45, 7) is 17.7. The molecule has 4 aromatic rings. The van der Waals surface area contributed by atoms with Crippen LogP contribution in [0.2, 0.25) is 0 Å². The second-order valence-electron chi connectivity index (χ2n) is 17.4. The molecule has 5 rings (SSSR count). The number of likely N-dealkylation sites (tertiary alicyclic amines) is 1. The third kappa shape index (κ3) is 29.9. The quantitative estimate of drug-likeness (QED) is 0.00660. The van der Waals surface area contributed by atoms with Crippen molar-refractivity contribution in [3.05, 3.63) is 65.0 Å². The Morgan fingerprint density at radius 2 is 1.52 bits per heavy atom. The Bertz CT molecular complexity index is 2590. The van der Waals surface area contributed by atoms with Crippen LogP contribution >= 0.6 is 12.6 Å². The molecular formula is C54H89N17O10S. The van der Waals surface area contributed by atoms with Crippen molar-refractivity contribution in [2.75, 3.05) is 55.9 Å². The first-order valence-electron chi connectivity index (χ1n) is 26.9. The van der Waals surface area contributed by atoms with Crippen LogP contribution in [0.3, 0.4) is 0 Å². The Morgan fingerprint density at radius 1 is 0.878 bits per heavy atom. The molecule has 0 saturated carbocycles. The molecular weight excluding hydrogens is 1080 g/mol. The lowest BCUT2D eigenvalue weighted by Crippen LogP contribution is -2.37. The number of likely N-dealkylation sites (N-methyl/N-ethyl adjacent to an activating group) is 1. The zero-order valence-electron chi connectivity index (χ0n) is 49.0. The van der Waals surface area contributed by atoms with Crippen molar-refractivity contribution in [2.45, 2.75) is 143 Å². The Morgan fingerprint density at radius 3 is 2.07 bits per heavy atom. The molecule has 456 valence electrons. The van der Waals surface area contributed by atoms with Crippen LogP contribution in [0.1, 0.15) is 152 Å². The molecule has 28 heteroatoms. The summed E-state index contributed by atoms with van der Waals surface area (Å²) >= 11 is 4.03. The molecule has 0 bridgehead atoms. The standard InChI is InChI=1S/C28H32N14O5.C10H15NO3S.C6H14N2O.C4H10.C3H8.C2H6.CH4O/c29-23(41-42-32)20-8-14(36-13-44)3-5-18(20)26(46)33-7-1-2-16(12-43)38-27(47)19-6-4-15(9-21(19)45)34-10-17-11-35-25-22(37-17)24(30)39-28(31)40-25;12-6-4-2-1-3-5-11-9(13)7-8(15)10(11)14;1-5(2)8-6(9)4-7-3;1-3-4-2;1-3-2;2*1-2/h3-6,8-9,11-13,16,34,42,45H,1-2,7,10,32H2,(H2,29,41)(H,33,46)(H,36,44)(H,38,47)(H4,30,31,35,39,40);6,8,15H,1-5,7H2;5,7H,4H2,1-3H3,(H,8,9);3-4H2,1-2H3;3H2,1-2H3;1-2H3;2H,1H3. The molecule has 1 fully saturated rings. The van der Waals surface area contributed by atoms with E-state index in [-0.39, 0.29) is 95.4 Å². The average Bonchev–Trinajstić information content (AvgIpc) is 3.70. The number of aromatic hydroxyl groups is 1. The fourth-order valence-electron chi connectivity index (χ4n) is 6.48. The van der Waals surface area contributed by atoms with Crippen molar-refractivity contribution >= 4 is 101 Å². The number of phenolic OH excluding ortho intramolecular Hbond substituents is 1. The van der Waals surface area contributed by atoms with Gasteiger partial charge in [-0.05, 0) is 76.9 Å². The highest BCUT2D eigenvalue weighted by Crippen LogP contribution is 2.24. The number of amides is 6. The van der Waals surface area contributed by atoms with Gasteiger partial charge in [-0.3, -0.25) is 33.7 Å². The number of phenols is 1. The highest BCUT2D eigenvalue weighted by molar-refractivity contribution is 7.81. The van der Waals surface area contributed by atoms with Crippen molar-refractivity contribution in [3.63, 3.8) is 0 Å². The van der Waals surface area contributed by atoms with Gasteiger partial charge in [-0.25, -0.2) is 21.3 Å². The van der Waals surface area contributed by atoms with Crippen LogP contribution in [-0.4, -0.2) is 141 Å². The number of hydrogen-bond acceptors (Lipinski definition) is 22. The van der Waals surface area contributed by atoms with Gasteiger partial charge in [0, 0.05) is 62.1 Å². The molecule has 2 aromatic carbocycles. The maximum absolute atomic E-state index is 12.8. The third-order valence-electron chi connectivity index (χ3n) is 10.3. The zero-order chi connectivity index (χ0) is 62.6. The van der Waals surface area contributed by atoms with Gasteiger partial charge in [0.25, 0.3) is 11.8 Å². The number of hydrazone groups is 1. The van der Waals surface area contributed by atoms with E-state index in [0.29, 0.717) is 61.2 Å². The second kappa shape index (κ2) is 45.6. The summed E-state index contributed by atoms with van der Waals surface area (Å²) in [4.78, 5) is 109. The number of rotatable bonds is 25. The lowest BCUT2D eigenvalue weighted by Gasteiger charge is -2.15. The summed E-state index contributed by atoms with van der Waals surface area (Å²) < 4.78 is 0. The molecule has 2 unspecified atom stereocenters. The van der Waals surface area contributed by atoms with E-state index >= 15 is 0 Å². The SMILES string of the molecule is CC.CCC.CCCC.CNCC(=O)NC(C)C.CO.NN/N=C(\N)c1cc(NC=O)ccc1C(=O)NCCCC(C=O)NC(=O)c1ccc(NCc2cnc3nc(N)nc(N)c3n2)cc1O.O=CCCCCCN1C(=O)CC(S)C1=O. The largest absolute Gasteiger partial charge is 0.507 e. The van der Waals surface area contributed by atoms with Gasteiger partial charge in [0.1, 0.15) is 18.3 Å². The average molecular weight is 1170 g/mol. The predicted octanol–water partition coefficient (Wildman–Crippen LogP) is 3.45. The number of hydrazine groups is 1. The molecule has 17 N–H and O–H groups in total. The van der Waals surface area contributed by atoms with E-state index in [1.165, 1.54) is 60.7 Å². The lowest BCUT2D eigenvalue weighted by molar-refractivity contribution is -0.138. The van der Waals surface area contributed by atoms with Crippen LogP contribution in [0.15, 0.2) is 47.7 Å². The minimum Gasteiger partial charge on any atom is -0.507 e. The van der Waals surface area contributed by atoms with Gasteiger partial charge in [0.05, 0.1) is 47.4 Å². The van der Waals surface area contributed by atoms with Gasteiger partial charge in [-0.2, -0.15) is 22.6 Å². The maximum atomic E-state index is 12.8. The van der Waals surface area contributed by atoms with Gasteiger partial charge in [-0.1, -0.05) is 67.2 Å². The van der Waals surface area contributed by atoms with Crippen molar-refractivity contribution in [1.29, 1.82) is 0 Å². The van der Waals surface area contributed by atoms with E-state index in [4.69, 9.17) is 28.2 Å². The molecule has 1 aliphatic heterocycles. The Hall–Kier alpha value is -8.08. The van der Waals surface area contributed by atoms with E-state index in [2.05, 4.69) is 97.3 Å². The van der Waals surface area contributed by atoms with E-state index in [1.807, 2.05) is 33.2 Å². The Balaban J connectivity index is 0. The van der Waals surface area contributed by atoms with Crippen LogP contribution in [-0.2, 0) is 35.3 Å². The highest BCUT2D eigenvalue weighted by atomic mass is 32.1. The van der Waals surface area contributed by atoms with Crippen molar-refractivity contribution in [2.24, 2.45) is 16.7 Å². The van der Waals surface area contributed by atoms with Crippen LogP contribution in [0.5, 0.6) is 5.75 Å². The number of fused-ring (bicyclic) bond motifs is 1. The number of aldehydes is 2. The molecule has 0 radical (unpaired) electrons. The van der Waals surface area contributed by atoms with E-state index in [0.717, 1.165) is 32.7 Å². The number of benzene rings is 2. The molecule has 1 aliphatic rings. The van der Waals surface area contributed by atoms with Crippen LogP contribution in [0.25, 0.3) is 11.2 Å². The van der Waals surface area contributed by atoms with Crippen molar-refractivity contribution in [1.82, 2.24) is 51.6 Å². The minimum absolute atomic E-state index is 0.0129. The number of hydrogen-bond donors (Lipinski definition) is 14. The van der Waals surface area contributed by atoms with Crippen molar-refractivity contribution in [3.8, 4) is 5.75 Å². The molecule has 82 heavy (non-hydrogen) atoms. The van der Waals surface area contributed by atoms with Crippen LogP contribution < -0.4 is 60.5 Å². The number of thiol groups is 1. The first-order chi connectivity index (χ1) is 39.3. The lowest BCUT2D eigenvalue weighted by atomic mass is 10.0. The number of carbonyl (C=O) groups excluding carboxylic acids is 8. The molecule has 1 saturated heterocycles. The summed E-state index contributed by atoms with van der Waals surface area (Å²) in [5.41, 5.74) is 21.7. The van der Waals surface area contributed by atoms with Gasteiger partial charge < -0.3 is 68.9 Å². The number of unbranched alkanes of at least 4 members (excludes halogenated alkanes) is 4. The summed E-state index contributed by atoms with van der Waals surface area (Å²) in [6, 6.07) is 8.10. The van der Waals surface area contributed by atoms with Crippen LogP contribution in [0, 0.1) is 0 Å². The molecule has 0 spiro atoms. The highest BCUT2D eigenvalue weighted by Gasteiger charge is 2.35. The predicted molar refractivity (Wildman–Crippen MR) is 324 cm³/mol. The maximum Gasteiger partial charge on any atom is 0.255 e. The number of nitrogen functional groups attached to an aromatic ring is 2. The van der Waals surface area contributed by atoms with E-state index in [9.17, 15) is 43.5 Å². The van der Waals surface area contributed by atoms with Gasteiger partial charge in [0.15, 0.2) is 22.8 Å². The summed E-state index contributed by atoms with van der Waals surface area (Å²) in [7, 11) is 2.75. The minimum atomic E-state index is -0.891. The Labute approximate surface area is 486 Å². The molecule has 2 aromatic heterocycles. The normalized spacial score (nSPS) is 12.4. The van der Waals surface area contributed by atoms with Crippen molar-refractivity contribution < 1.29 is 48.6 Å². The van der Waals surface area contributed by atoms with Gasteiger partial charge in [0.2, 0.25) is 30.1 Å². The molecule has 0 aliphatic carbocycles. The fourth-order valence-corrected chi connectivity index (χ4v) is 6.78. The molecule has 2 atom stereocenters. The zero-order valence-corrected chi connectivity index (χ0v) is 49.9. The number of imide groups is 1. The number of carbonyl (C=O) groups is 8. The second-order valence-corrected chi connectivity index (χ2v) is 18.1. The number of nitrogens with zero attached hydrogens (tertiary/aromatic N) is 6. The first kappa shape index (κ1) is 76.0. The number of nitrogens with one attached hydrogen (secondary N) is 7.